The quantitative estimate of drug-likeness (QED) is 0.885. The lowest BCUT2D eigenvalue weighted by atomic mass is 9.84. The van der Waals surface area contributed by atoms with Gasteiger partial charge in [-0.2, -0.15) is 8.75 Å². The molecular formula is C12H15N3O3S. The van der Waals surface area contributed by atoms with Gasteiger partial charge in [-0.25, -0.2) is 4.79 Å². The molecule has 19 heavy (non-hydrogen) atoms. The molecule has 1 N–H and O–H groups in total. The fourth-order valence-electron chi connectivity index (χ4n) is 3.36. The number of carbonyl (C=O) groups is 2. The van der Waals surface area contributed by atoms with E-state index in [0.717, 1.165) is 37.4 Å². The zero-order valence-corrected chi connectivity index (χ0v) is 11.2. The van der Waals surface area contributed by atoms with Crippen molar-refractivity contribution in [3.63, 3.8) is 0 Å². The smallest absolute Gasteiger partial charge is 0.326 e. The summed E-state index contributed by atoms with van der Waals surface area (Å²) < 4.78 is 7.76. The molecule has 0 unspecified atom stereocenters. The van der Waals surface area contributed by atoms with E-state index in [-0.39, 0.29) is 17.6 Å². The summed E-state index contributed by atoms with van der Waals surface area (Å²) in [5.74, 6) is -0.869. The van der Waals surface area contributed by atoms with Crippen LogP contribution in [0, 0.1) is 5.92 Å². The number of amides is 1. The van der Waals surface area contributed by atoms with Crippen molar-refractivity contribution in [3.8, 4) is 0 Å². The Morgan fingerprint density at radius 2 is 2.16 bits per heavy atom. The van der Waals surface area contributed by atoms with Crippen LogP contribution in [0.5, 0.6) is 0 Å². The van der Waals surface area contributed by atoms with Gasteiger partial charge < -0.3 is 10.0 Å². The Hall–Kier alpha value is -1.50. The van der Waals surface area contributed by atoms with Gasteiger partial charge in [0.2, 0.25) is 0 Å². The number of nitrogens with zero attached hydrogens (tertiary/aromatic N) is 3. The van der Waals surface area contributed by atoms with Gasteiger partial charge in [0.25, 0.3) is 5.91 Å². The number of aliphatic carboxylic acids is 1. The maximum absolute atomic E-state index is 12.4. The fraction of sp³-hybridized carbons (Fsp3) is 0.667. The molecule has 1 amide bonds. The van der Waals surface area contributed by atoms with Crippen LogP contribution in [-0.2, 0) is 4.79 Å². The predicted molar refractivity (Wildman–Crippen MR) is 67.9 cm³/mol. The molecule has 1 aromatic heterocycles. The highest BCUT2D eigenvalue weighted by atomic mass is 32.1. The summed E-state index contributed by atoms with van der Waals surface area (Å²) in [6.45, 7) is 0. The highest BCUT2D eigenvalue weighted by Gasteiger charge is 2.48. The lowest BCUT2D eigenvalue weighted by Gasteiger charge is -2.32. The fourth-order valence-corrected chi connectivity index (χ4v) is 3.77. The Labute approximate surface area is 114 Å². The number of fused-ring (bicyclic) bond motifs is 1. The van der Waals surface area contributed by atoms with Crippen LogP contribution >= 0.6 is 11.7 Å². The molecule has 6 nitrogen and oxygen atoms in total. The molecule has 0 radical (unpaired) electrons. The first-order valence-electron chi connectivity index (χ1n) is 6.51. The molecule has 1 aliphatic carbocycles. The van der Waals surface area contributed by atoms with Crippen molar-refractivity contribution in [2.45, 2.75) is 44.2 Å². The number of aromatic nitrogens is 2. The molecule has 3 rings (SSSR count). The van der Waals surface area contributed by atoms with Crippen molar-refractivity contribution >= 4 is 23.6 Å². The molecule has 2 aliphatic rings. The third kappa shape index (κ3) is 2.11. The van der Waals surface area contributed by atoms with Crippen LogP contribution in [-0.4, -0.2) is 42.7 Å². The second-order valence-corrected chi connectivity index (χ2v) is 5.76. The number of hydrogen-bond donors (Lipinski definition) is 1. The molecule has 1 aromatic rings. The highest BCUT2D eigenvalue weighted by molar-refractivity contribution is 6.99. The topological polar surface area (TPSA) is 83.4 Å². The molecule has 2 heterocycles. The van der Waals surface area contributed by atoms with Gasteiger partial charge in [-0.05, 0) is 25.2 Å². The lowest BCUT2D eigenvalue weighted by molar-refractivity contribution is -0.141. The summed E-state index contributed by atoms with van der Waals surface area (Å²) in [5, 5.41) is 9.35. The molecule has 102 valence electrons. The normalized spacial score (nSPS) is 30.1. The molecule has 3 atom stereocenters. The van der Waals surface area contributed by atoms with Gasteiger partial charge in [0.1, 0.15) is 6.04 Å². The number of likely N-dealkylation sites (tertiary alicyclic amines) is 1. The average molecular weight is 281 g/mol. The van der Waals surface area contributed by atoms with Gasteiger partial charge in [-0.15, -0.1) is 0 Å². The van der Waals surface area contributed by atoms with Crippen molar-refractivity contribution in [1.29, 1.82) is 0 Å². The molecular weight excluding hydrogens is 266 g/mol. The highest BCUT2D eigenvalue weighted by Crippen LogP contribution is 2.40. The van der Waals surface area contributed by atoms with Gasteiger partial charge >= 0.3 is 5.97 Å². The standard InChI is InChI=1S/C12H15N3O3S/c16-11(8-6-13-19-14-8)15-9-4-2-1-3-7(9)5-10(15)12(17)18/h6-7,9-10H,1-5H2,(H,17,18)/t7-,9-,10-/m0/s1. The van der Waals surface area contributed by atoms with E-state index >= 15 is 0 Å². The Morgan fingerprint density at radius 3 is 2.84 bits per heavy atom. The molecule has 1 aliphatic heterocycles. The molecule has 0 bridgehead atoms. The van der Waals surface area contributed by atoms with Crippen LogP contribution in [0.3, 0.4) is 0 Å². The van der Waals surface area contributed by atoms with Crippen LogP contribution < -0.4 is 0 Å². The van der Waals surface area contributed by atoms with Gasteiger partial charge in [0.05, 0.1) is 17.9 Å². The Bertz CT molecular complexity index is 490. The number of rotatable bonds is 2. The summed E-state index contributed by atoms with van der Waals surface area (Å²) in [6, 6.07) is -0.647. The van der Waals surface area contributed by atoms with Crippen molar-refractivity contribution in [2.75, 3.05) is 0 Å². The summed E-state index contributed by atoms with van der Waals surface area (Å²) in [6.07, 6.45) is 6.11. The van der Waals surface area contributed by atoms with Gasteiger partial charge in [0.15, 0.2) is 5.69 Å². The summed E-state index contributed by atoms with van der Waals surface area (Å²) in [4.78, 5) is 25.4. The van der Waals surface area contributed by atoms with E-state index in [1.165, 1.54) is 6.20 Å². The van der Waals surface area contributed by atoms with Crippen molar-refractivity contribution in [3.05, 3.63) is 11.9 Å². The maximum Gasteiger partial charge on any atom is 0.326 e. The zero-order chi connectivity index (χ0) is 13.4. The van der Waals surface area contributed by atoms with Crippen molar-refractivity contribution < 1.29 is 14.7 Å². The second-order valence-electron chi connectivity index (χ2n) is 5.21. The van der Waals surface area contributed by atoms with Crippen molar-refractivity contribution in [2.24, 2.45) is 5.92 Å². The Balaban J connectivity index is 1.90. The summed E-state index contributed by atoms with van der Waals surface area (Å²) >= 11 is 0.971. The van der Waals surface area contributed by atoms with Gasteiger partial charge in [-0.1, -0.05) is 12.8 Å². The molecule has 2 fully saturated rings. The molecule has 7 heteroatoms. The number of carboxylic acids is 1. The third-order valence-electron chi connectivity index (χ3n) is 4.19. The van der Waals surface area contributed by atoms with E-state index in [0.29, 0.717) is 12.3 Å². The van der Waals surface area contributed by atoms with E-state index in [2.05, 4.69) is 8.75 Å². The molecule has 0 aromatic carbocycles. The third-order valence-corrected chi connectivity index (χ3v) is 4.67. The van der Waals surface area contributed by atoms with Gasteiger partial charge in [-0.3, -0.25) is 4.79 Å². The maximum atomic E-state index is 12.4. The van der Waals surface area contributed by atoms with E-state index in [1.807, 2.05) is 0 Å². The van der Waals surface area contributed by atoms with Crippen LogP contribution in [0.15, 0.2) is 6.20 Å². The number of hydrogen-bond acceptors (Lipinski definition) is 5. The number of carbonyl (C=O) groups excluding carboxylic acids is 1. The van der Waals surface area contributed by atoms with Crippen LogP contribution in [0.25, 0.3) is 0 Å². The van der Waals surface area contributed by atoms with E-state index in [9.17, 15) is 14.7 Å². The van der Waals surface area contributed by atoms with E-state index in [1.54, 1.807) is 4.90 Å². The predicted octanol–water partition coefficient (Wildman–Crippen LogP) is 1.40. The summed E-state index contributed by atoms with van der Waals surface area (Å²) in [5.41, 5.74) is 0.266. The molecule has 0 spiro atoms. The van der Waals surface area contributed by atoms with Crippen LogP contribution in [0.4, 0.5) is 0 Å². The zero-order valence-electron chi connectivity index (χ0n) is 10.4. The first-order chi connectivity index (χ1) is 9.18. The average Bonchev–Trinajstić information content (AvgIpc) is 3.05. The summed E-state index contributed by atoms with van der Waals surface area (Å²) in [7, 11) is 0. The largest absolute Gasteiger partial charge is 0.480 e. The van der Waals surface area contributed by atoms with E-state index < -0.39 is 12.0 Å². The number of carboxylic acid groups (broad SMARTS) is 1. The van der Waals surface area contributed by atoms with Crippen LogP contribution in [0.2, 0.25) is 0 Å². The SMILES string of the molecule is O=C(O)[C@@H]1C[C@@H]2CCCC[C@@H]2N1C(=O)c1cnsn1. The second kappa shape index (κ2) is 4.88. The molecule has 1 saturated carbocycles. The first-order valence-corrected chi connectivity index (χ1v) is 7.24. The Morgan fingerprint density at radius 1 is 1.37 bits per heavy atom. The monoisotopic (exact) mass is 281 g/mol. The van der Waals surface area contributed by atoms with Crippen LogP contribution in [0.1, 0.15) is 42.6 Å². The minimum atomic E-state index is -0.911. The lowest BCUT2D eigenvalue weighted by Crippen LogP contribution is -2.46. The van der Waals surface area contributed by atoms with E-state index in [4.69, 9.17) is 0 Å². The first kappa shape index (κ1) is 12.5. The minimum Gasteiger partial charge on any atom is -0.480 e. The van der Waals surface area contributed by atoms with Gasteiger partial charge in [0, 0.05) is 6.04 Å². The van der Waals surface area contributed by atoms with Crippen molar-refractivity contribution in [1.82, 2.24) is 13.6 Å². The minimum absolute atomic E-state index is 0.0593. The molecule has 1 saturated heterocycles. The Kier molecular flexibility index (Phi) is 3.22.